The molecule has 0 bridgehead atoms. The molecule has 0 spiro atoms. The summed E-state index contributed by atoms with van der Waals surface area (Å²) in [5, 5.41) is 3.38. The number of piperidine rings is 1. The molecule has 1 aromatic rings. The molecular formula is C19H29N3O2. The summed E-state index contributed by atoms with van der Waals surface area (Å²) in [6, 6.07) is 8.67. The van der Waals surface area contributed by atoms with Gasteiger partial charge in [-0.1, -0.05) is 19.1 Å². The van der Waals surface area contributed by atoms with Crippen LogP contribution in [0.25, 0.3) is 0 Å². The number of nitrogens with one attached hydrogen (secondary N) is 1. The number of hydrogen-bond donors (Lipinski definition) is 1. The summed E-state index contributed by atoms with van der Waals surface area (Å²) in [5.41, 5.74) is 2.21. The molecular weight excluding hydrogens is 302 g/mol. The van der Waals surface area contributed by atoms with E-state index in [0.29, 0.717) is 12.6 Å². The number of amides is 1. The summed E-state index contributed by atoms with van der Waals surface area (Å²) < 4.78 is 5.44. The SMILES string of the molecule is CCC1CCCCN1C(=O)CNc1ccccc1N1CCOCC1. The fourth-order valence-corrected chi connectivity index (χ4v) is 3.73. The normalized spacial score (nSPS) is 21.6. The van der Waals surface area contributed by atoms with Gasteiger partial charge in [0.1, 0.15) is 0 Å². The minimum atomic E-state index is 0.221. The van der Waals surface area contributed by atoms with E-state index in [1.807, 2.05) is 6.07 Å². The molecule has 5 heteroatoms. The number of rotatable bonds is 5. The van der Waals surface area contributed by atoms with Crippen molar-refractivity contribution in [1.82, 2.24) is 4.90 Å². The lowest BCUT2D eigenvalue weighted by Gasteiger charge is -2.35. The van der Waals surface area contributed by atoms with Gasteiger partial charge in [-0.15, -0.1) is 0 Å². The van der Waals surface area contributed by atoms with E-state index in [9.17, 15) is 4.79 Å². The van der Waals surface area contributed by atoms with E-state index in [4.69, 9.17) is 4.74 Å². The zero-order valence-electron chi connectivity index (χ0n) is 14.7. The minimum Gasteiger partial charge on any atom is -0.378 e. The largest absolute Gasteiger partial charge is 0.378 e. The Bertz CT molecular complexity index is 543. The van der Waals surface area contributed by atoms with Crippen molar-refractivity contribution >= 4 is 17.3 Å². The molecule has 1 N–H and O–H groups in total. The molecule has 0 aliphatic carbocycles. The van der Waals surface area contributed by atoms with Crippen molar-refractivity contribution < 1.29 is 9.53 Å². The molecule has 2 saturated heterocycles. The average molecular weight is 331 g/mol. The first-order valence-electron chi connectivity index (χ1n) is 9.24. The van der Waals surface area contributed by atoms with Crippen LogP contribution in [0.5, 0.6) is 0 Å². The average Bonchev–Trinajstić information content (AvgIpc) is 2.67. The molecule has 1 atom stereocenters. The number of benzene rings is 1. The monoisotopic (exact) mass is 331 g/mol. The summed E-state index contributed by atoms with van der Waals surface area (Å²) in [6.45, 7) is 6.78. The maximum absolute atomic E-state index is 12.7. The first kappa shape index (κ1) is 17.1. The van der Waals surface area contributed by atoms with Crippen LogP contribution >= 0.6 is 0 Å². The molecule has 0 saturated carbocycles. The van der Waals surface area contributed by atoms with E-state index in [-0.39, 0.29) is 5.91 Å². The standard InChI is InChI=1S/C19H29N3O2/c1-2-16-7-5-6-10-22(16)19(23)15-20-17-8-3-4-9-18(17)21-11-13-24-14-12-21/h3-4,8-9,16,20H,2,5-7,10-15H2,1H3. The van der Waals surface area contributed by atoms with Gasteiger partial charge in [0.15, 0.2) is 0 Å². The van der Waals surface area contributed by atoms with Gasteiger partial charge in [-0.25, -0.2) is 0 Å². The van der Waals surface area contributed by atoms with Gasteiger partial charge in [-0.2, -0.15) is 0 Å². The number of likely N-dealkylation sites (tertiary alicyclic amines) is 1. The first-order chi connectivity index (χ1) is 11.8. The molecule has 1 amide bonds. The predicted octanol–water partition coefficient (Wildman–Crippen LogP) is 2.73. The minimum absolute atomic E-state index is 0.221. The lowest BCUT2D eigenvalue weighted by Crippen LogP contribution is -2.45. The maximum Gasteiger partial charge on any atom is 0.242 e. The van der Waals surface area contributed by atoms with Crippen molar-refractivity contribution in [3.8, 4) is 0 Å². The Morgan fingerprint density at radius 2 is 2.00 bits per heavy atom. The predicted molar refractivity (Wildman–Crippen MR) is 97.6 cm³/mol. The molecule has 1 aromatic carbocycles. The van der Waals surface area contributed by atoms with E-state index in [1.54, 1.807) is 0 Å². The van der Waals surface area contributed by atoms with Crippen molar-refractivity contribution in [1.29, 1.82) is 0 Å². The van der Waals surface area contributed by atoms with Gasteiger partial charge in [0.25, 0.3) is 0 Å². The van der Waals surface area contributed by atoms with Crippen LogP contribution in [0.15, 0.2) is 24.3 Å². The molecule has 1 unspecified atom stereocenters. The van der Waals surface area contributed by atoms with Crippen LogP contribution in [-0.4, -0.2) is 56.2 Å². The summed E-state index contributed by atoms with van der Waals surface area (Å²) in [4.78, 5) is 17.1. The third kappa shape index (κ3) is 4.01. The number of morpholine rings is 1. The number of anilines is 2. The fraction of sp³-hybridized carbons (Fsp3) is 0.632. The van der Waals surface area contributed by atoms with Gasteiger partial charge in [-0.05, 0) is 37.8 Å². The molecule has 5 nitrogen and oxygen atoms in total. The van der Waals surface area contributed by atoms with Crippen molar-refractivity contribution in [3.05, 3.63) is 24.3 Å². The third-order valence-corrected chi connectivity index (χ3v) is 5.10. The summed E-state index contributed by atoms with van der Waals surface area (Å²) in [7, 11) is 0. The van der Waals surface area contributed by atoms with Gasteiger partial charge in [0.2, 0.25) is 5.91 Å². The summed E-state index contributed by atoms with van der Waals surface area (Å²) in [5.74, 6) is 0.221. The molecule has 3 rings (SSSR count). The molecule has 2 fully saturated rings. The van der Waals surface area contributed by atoms with Crippen LogP contribution in [0.1, 0.15) is 32.6 Å². The Morgan fingerprint density at radius 1 is 1.21 bits per heavy atom. The molecule has 0 aromatic heterocycles. The number of nitrogens with zero attached hydrogens (tertiary/aromatic N) is 2. The molecule has 24 heavy (non-hydrogen) atoms. The smallest absolute Gasteiger partial charge is 0.242 e. The number of para-hydroxylation sites is 2. The highest BCUT2D eigenvalue weighted by Gasteiger charge is 2.25. The van der Waals surface area contributed by atoms with E-state index in [2.05, 4.69) is 40.2 Å². The Kier molecular flexibility index (Phi) is 5.96. The molecule has 2 heterocycles. The Balaban J connectivity index is 1.62. The van der Waals surface area contributed by atoms with Crippen molar-refractivity contribution in [2.75, 3.05) is 49.6 Å². The number of hydrogen-bond acceptors (Lipinski definition) is 4. The lowest BCUT2D eigenvalue weighted by atomic mass is 10.00. The van der Waals surface area contributed by atoms with E-state index < -0.39 is 0 Å². The van der Waals surface area contributed by atoms with E-state index in [0.717, 1.165) is 57.8 Å². The van der Waals surface area contributed by atoms with Crippen LogP contribution in [0.4, 0.5) is 11.4 Å². The Morgan fingerprint density at radius 3 is 2.79 bits per heavy atom. The second-order valence-corrected chi connectivity index (χ2v) is 6.62. The summed E-state index contributed by atoms with van der Waals surface area (Å²) >= 11 is 0. The van der Waals surface area contributed by atoms with E-state index >= 15 is 0 Å². The molecule has 0 radical (unpaired) electrons. The van der Waals surface area contributed by atoms with Gasteiger partial charge in [-0.3, -0.25) is 4.79 Å². The summed E-state index contributed by atoms with van der Waals surface area (Å²) in [6.07, 6.45) is 4.57. The van der Waals surface area contributed by atoms with Crippen LogP contribution in [0.3, 0.4) is 0 Å². The zero-order chi connectivity index (χ0) is 16.8. The quantitative estimate of drug-likeness (QED) is 0.901. The number of carbonyl (C=O) groups excluding carboxylic acids is 1. The van der Waals surface area contributed by atoms with E-state index in [1.165, 1.54) is 12.1 Å². The van der Waals surface area contributed by atoms with Gasteiger partial charge in [0, 0.05) is 25.7 Å². The zero-order valence-corrected chi connectivity index (χ0v) is 14.7. The second kappa shape index (κ2) is 8.38. The van der Waals surface area contributed by atoms with Crippen molar-refractivity contribution in [3.63, 3.8) is 0 Å². The van der Waals surface area contributed by atoms with Crippen LogP contribution in [0, 0.1) is 0 Å². The van der Waals surface area contributed by atoms with Crippen molar-refractivity contribution in [2.45, 2.75) is 38.6 Å². The van der Waals surface area contributed by atoms with Crippen LogP contribution < -0.4 is 10.2 Å². The fourth-order valence-electron chi connectivity index (χ4n) is 3.73. The highest BCUT2D eigenvalue weighted by atomic mass is 16.5. The maximum atomic E-state index is 12.7. The van der Waals surface area contributed by atoms with Crippen molar-refractivity contribution in [2.24, 2.45) is 0 Å². The molecule has 2 aliphatic rings. The lowest BCUT2D eigenvalue weighted by molar-refractivity contribution is -0.133. The molecule has 132 valence electrons. The van der Waals surface area contributed by atoms with Crippen LogP contribution in [-0.2, 0) is 9.53 Å². The van der Waals surface area contributed by atoms with Gasteiger partial charge in [0.05, 0.1) is 31.1 Å². The third-order valence-electron chi connectivity index (χ3n) is 5.10. The number of carbonyl (C=O) groups is 1. The van der Waals surface area contributed by atoms with Crippen LogP contribution in [0.2, 0.25) is 0 Å². The first-order valence-corrected chi connectivity index (χ1v) is 9.24. The highest BCUT2D eigenvalue weighted by Crippen LogP contribution is 2.26. The van der Waals surface area contributed by atoms with Gasteiger partial charge < -0.3 is 19.9 Å². The molecule has 2 aliphatic heterocycles. The van der Waals surface area contributed by atoms with Gasteiger partial charge >= 0.3 is 0 Å². The highest BCUT2D eigenvalue weighted by molar-refractivity contribution is 5.83. The number of ether oxygens (including phenoxy) is 1. The Hall–Kier alpha value is -1.75. The Labute approximate surface area is 145 Å². The topological polar surface area (TPSA) is 44.8 Å². The second-order valence-electron chi connectivity index (χ2n) is 6.62.